The summed E-state index contributed by atoms with van der Waals surface area (Å²) in [5.74, 6) is 1.58. The highest BCUT2D eigenvalue weighted by molar-refractivity contribution is 7.99. The summed E-state index contributed by atoms with van der Waals surface area (Å²) in [7, 11) is 1.64. The van der Waals surface area contributed by atoms with Crippen molar-refractivity contribution in [1.82, 2.24) is 20.1 Å². The van der Waals surface area contributed by atoms with Crippen LogP contribution in [0.4, 0.5) is 0 Å². The molecule has 0 fully saturated rings. The summed E-state index contributed by atoms with van der Waals surface area (Å²) >= 11 is 3.00. The van der Waals surface area contributed by atoms with Gasteiger partial charge in [-0.1, -0.05) is 47.7 Å². The molecule has 1 N–H and O–H groups in total. The van der Waals surface area contributed by atoms with Crippen molar-refractivity contribution >= 4 is 29.0 Å². The number of hydrogen-bond acceptors (Lipinski definition) is 6. The van der Waals surface area contributed by atoms with E-state index in [1.165, 1.54) is 11.8 Å². The third-order valence-corrected chi connectivity index (χ3v) is 6.94. The first-order valence-corrected chi connectivity index (χ1v) is 12.0. The zero-order valence-electron chi connectivity index (χ0n) is 18.1. The molecule has 1 atom stereocenters. The van der Waals surface area contributed by atoms with Gasteiger partial charge in [-0.15, -0.1) is 21.5 Å². The van der Waals surface area contributed by atoms with Crippen molar-refractivity contribution in [3.8, 4) is 22.8 Å². The number of methoxy groups -OCH3 is 1. The van der Waals surface area contributed by atoms with Crippen LogP contribution in [0.2, 0.25) is 0 Å². The fourth-order valence-electron chi connectivity index (χ4n) is 3.32. The molecule has 0 saturated carbocycles. The third kappa shape index (κ3) is 4.87. The van der Waals surface area contributed by atoms with Gasteiger partial charge in [0.15, 0.2) is 11.0 Å². The molecule has 2 aromatic carbocycles. The molecule has 4 aromatic rings. The van der Waals surface area contributed by atoms with Gasteiger partial charge < -0.3 is 10.1 Å². The maximum absolute atomic E-state index is 12.6. The number of rotatable bonds is 8. The Hall–Kier alpha value is -3.10. The second-order valence-electron chi connectivity index (χ2n) is 7.27. The standard InChI is InChI=1S/C24H24N4O2S2/c1-16-10-12-18(13-11-16)28-23(19-7-4-5-8-20(19)30-3)26-27-24(28)32-15-22(29)25-17(2)21-9-6-14-31-21/h4-14,17H,15H2,1-3H3,(H,25,29). The number of nitrogens with zero attached hydrogens (tertiary/aromatic N) is 3. The minimum absolute atomic E-state index is 0.0257. The average Bonchev–Trinajstić information content (AvgIpc) is 3.49. The van der Waals surface area contributed by atoms with E-state index in [4.69, 9.17) is 4.74 Å². The lowest BCUT2D eigenvalue weighted by atomic mass is 10.1. The van der Waals surface area contributed by atoms with Crippen LogP contribution in [0.1, 0.15) is 23.4 Å². The first-order valence-electron chi connectivity index (χ1n) is 10.2. The lowest BCUT2D eigenvalue weighted by molar-refractivity contribution is -0.119. The summed E-state index contributed by atoms with van der Waals surface area (Å²) in [5, 5.41) is 14.6. The van der Waals surface area contributed by atoms with Crippen molar-refractivity contribution in [3.63, 3.8) is 0 Å². The van der Waals surface area contributed by atoms with Crippen molar-refractivity contribution in [1.29, 1.82) is 0 Å². The molecular formula is C24H24N4O2S2. The molecule has 6 nitrogen and oxygen atoms in total. The van der Waals surface area contributed by atoms with Crippen molar-refractivity contribution in [3.05, 3.63) is 76.5 Å². The minimum Gasteiger partial charge on any atom is -0.496 e. The number of thiophene rings is 1. The van der Waals surface area contributed by atoms with Gasteiger partial charge in [-0.3, -0.25) is 9.36 Å². The van der Waals surface area contributed by atoms with E-state index < -0.39 is 0 Å². The number of aromatic nitrogens is 3. The average molecular weight is 465 g/mol. The smallest absolute Gasteiger partial charge is 0.230 e. The van der Waals surface area contributed by atoms with Crippen molar-refractivity contribution in [2.45, 2.75) is 25.0 Å². The number of carbonyl (C=O) groups is 1. The van der Waals surface area contributed by atoms with E-state index in [-0.39, 0.29) is 17.7 Å². The summed E-state index contributed by atoms with van der Waals surface area (Å²) in [6.07, 6.45) is 0. The molecule has 2 heterocycles. The Morgan fingerprint density at radius 3 is 2.62 bits per heavy atom. The molecule has 1 amide bonds. The van der Waals surface area contributed by atoms with Crippen LogP contribution >= 0.6 is 23.1 Å². The molecule has 0 saturated heterocycles. The normalized spacial score (nSPS) is 11.8. The highest BCUT2D eigenvalue weighted by atomic mass is 32.2. The number of ether oxygens (including phenoxy) is 1. The van der Waals surface area contributed by atoms with Gasteiger partial charge in [0.05, 0.1) is 24.5 Å². The highest BCUT2D eigenvalue weighted by Gasteiger charge is 2.20. The van der Waals surface area contributed by atoms with Gasteiger partial charge in [0.25, 0.3) is 0 Å². The van der Waals surface area contributed by atoms with Crippen LogP contribution in [-0.4, -0.2) is 33.5 Å². The summed E-state index contributed by atoms with van der Waals surface area (Å²) in [5.41, 5.74) is 2.93. The predicted octanol–water partition coefficient (Wildman–Crippen LogP) is 5.28. The molecule has 0 radical (unpaired) electrons. The number of thioether (sulfide) groups is 1. The predicted molar refractivity (Wildman–Crippen MR) is 130 cm³/mol. The number of para-hydroxylation sites is 1. The zero-order chi connectivity index (χ0) is 22.5. The van der Waals surface area contributed by atoms with Crippen LogP contribution in [0.5, 0.6) is 5.75 Å². The molecule has 32 heavy (non-hydrogen) atoms. The van der Waals surface area contributed by atoms with Gasteiger partial charge in [-0.25, -0.2) is 0 Å². The molecule has 164 valence electrons. The van der Waals surface area contributed by atoms with Crippen molar-refractivity contribution < 1.29 is 9.53 Å². The number of hydrogen-bond donors (Lipinski definition) is 1. The Balaban J connectivity index is 1.61. The van der Waals surface area contributed by atoms with Gasteiger partial charge in [-0.05, 0) is 49.6 Å². The first kappa shape index (κ1) is 22.1. The topological polar surface area (TPSA) is 69.0 Å². The van der Waals surface area contributed by atoms with Crippen LogP contribution in [0, 0.1) is 6.92 Å². The fraction of sp³-hybridized carbons (Fsp3) is 0.208. The van der Waals surface area contributed by atoms with E-state index in [2.05, 4.69) is 15.5 Å². The lowest BCUT2D eigenvalue weighted by Gasteiger charge is -2.14. The molecule has 4 rings (SSSR count). The van der Waals surface area contributed by atoms with Crippen LogP contribution in [-0.2, 0) is 4.79 Å². The number of amides is 1. The Labute approximate surface area is 195 Å². The molecule has 2 aromatic heterocycles. The van der Waals surface area contributed by atoms with E-state index in [0.717, 1.165) is 21.7 Å². The van der Waals surface area contributed by atoms with Crippen LogP contribution in [0.3, 0.4) is 0 Å². The van der Waals surface area contributed by atoms with Gasteiger partial charge >= 0.3 is 0 Å². The minimum atomic E-state index is -0.0480. The number of carbonyl (C=O) groups excluding carboxylic acids is 1. The monoisotopic (exact) mass is 464 g/mol. The van der Waals surface area contributed by atoms with E-state index >= 15 is 0 Å². The highest BCUT2D eigenvalue weighted by Crippen LogP contribution is 2.33. The van der Waals surface area contributed by atoms with Gasteiger partial charge in [-0.2, -0.15) is 0 Å². The lowest BCUT2D eigenvalue weighted by Crippen LogP contribution is -2.27. The SMILES string of the molecule is COc1ccccc1-c1nnc(SCC(=O)NC(C)c2cccs2)n1-c1ccc(C)cc1. The van der Waals surface area contributed by atoms with Crippen LogP contribution < -0.4 is 10.1 Å². The Kier molecular flexibility index (Phi) is 6.92. The van der Waals surface area contributed by atoms with E-state index in [1.54, 1.807) is 18.4 Å². The maximum atomic E-state index is 12.6. The molecule has 1 unspecified atom stereocenters. The number of aryl methyl sites for hydroxylation is 1. The Bertz CT molecular complexity index is 1190. The molecule has 8 heteroatoms. The summed E-state index contributed by atoms with van der Waals surface area (Å²) < 4.78 is 7.52. The maximum Gasteiger partial charge on any atom is 0.230 e. The number of benzene rings is 2. The van der Waals surface area contributed by atoms with Crippen molar-refractivity contribution in [2.75, 3.05) is 12.9 Å². The second kappa shape index (κ2) is 10.0. The zero-order valence-corrected chi connectivity index (χ0v) is 19.7. The molecule has 0 aliphatic rings. The number of nitrogens with one attached hydrogen (secondary N) is 1. The van der Waals surface area contributed by atoms with E-state index in [9.17, 15) is 4.79 Å². The summed E-state index contributed by atoms with van der Waals surface area (Å²) in [6.45, 7) is 4.04. The summed E-state index contributed by atoms with van der Waals surface area (Å²) in [6, 6.07) is 19.9. The van der Waals surface area contributed by atoms with Crippen LogP contribution in [0.25, 0.3) is 17.1 Å². The van der Waals surface area contributed by atoms with Crippen molar-refractivity contribution in [2.24, 2.45) is 0 Å². The molecule has 0 aliphatic carbocycles. The first-order chi connectivity index (χ1) is 15.6. The Morgan fingerprint density at radius 2 is 1.91 bits per heavy atom. The van der Waals surface area contributed by atoms with E-state index in [1.807, 2.05) is 84.5 Å². The third-order valence-electron chi connectivity index (χ3n) is 4.95. The largest absolute Gasteiger partial charge is 0.496 e. The summed E-state index contributed by atoms with van der Waals surface area (Å²) in [4.78, 5) is 13.7. The molecule has 0 aliphatic heterocycles. The molecule has 0 bridgehead atoms. The second-order valence-corrected chi connectivity index (χ2v) is 9.19. The van der Waals surface area contributed by atoms with Gasteiger partial charge in [0.1, 0.15) is 5.75 Å². The quantitative estimate of drug-likeness (QED) is 0.359. The van der Waals surface area contributed by atoms with Gasteiger partial charge in [0, 0.05) is 10.6 Å². The molecular weight excluding hydrogens is 440 g/mol. The Morgan fingerprint density at radius 1 is 1.12 bits per heavy atom. The van der Waals surface area contributed by atoms with Crippen LogP contribution in [0.15, 0.2) is 71.2 Å². The van der Waals surface area contributed by atoms with E-state index in [0.29, 0.717) is 16.7 Å². The fourth-order valence-corrected chi connectivity index (χ4v) is 4.81. The van der Waals surface area contributed by atoms with Gasteiger partial charge in [0.2, 0.25) is 5.91 Å². The molecule has 0 spiro atoms.